The highest BCUT2D eigenvalue weighted by atomic mass is 16.2. The van der Waals surface area contributed by atoms with E-state index in [-0.39, 0.29) is 23.7 Å². The molecule has 1 aromatic heterocycles. The Hall–Kier alpha value is -3.47. The monoisotopic (exact) mass is 376 g/mol. The van der Waals surface area contributed by atoms with E-state index >= 15 is 0 Å². The van der Waals surface area contributed by atoms with Crippen LogP contribution >= 0.6 is 0 Å². The highest BCUT2D eigenvalue weighted by Gasteiger charge is 2.49. The zero-order valence-electron chi connectivity index (χ0n) is 15.3. The number of amides is 2. The van der Waals surface area contributed by atoms with Crippen LogP contribution in [0.15, 0.2) is 42.7 Å². The Morgan fingerprint density at radius 3 is 2.54 bits per heavy atom. The summed E-state index contributed by atoms with van der Waals surface area (Å²) in [5.74, 6) is 0.00888. The Balaban J connectivity index is 1.29. The molecule has 28 heavy (non-hydrogen) atoms. The molecule has 2 fully saturated rings. The van der Waals surface area contributed by atoms with E-state index in [1.807, 2.05) is 11.0 Å². The van der Waals surface area contributed by atoms with Crippen molar-refractivity contribution in [1.82, 2.24) is 14.9 Å². The van der Waals surface area contributed by atoms with Crippen LogP contribution in [0.25, 0.3) is 0 Å². The number of carbonyl (C=O) groups excluding carboxylic acids is 2. The highest BCUT2D eigenvalue weighted by Crippen LogP contribution is 2.41. The summed E-state index contributed by atoms with van der Waals surface area (Å²) >= 11 is 0. The Kier molecular flexibility index (Phi) is 4.89. The number of anilines is 2. The zero-order chi connectivity index (χ0) is 19.5. The van der Waals surface area contributed by atoms with Gasteiger partial charge in [0, 0.05) is 44.3 Å². The lowest BCUT2D eigenvalue weighted by molar-refractivity contribution is -0.134. The molecule has 142 valence electrons. The van der Waals surface area contributed by atoms with Crippen LogP contribution in [-0.4, -0.2) is 52.9 Å². The van der Waals surface area contributed by atoms with E-state index in [1.54, 1.807) is 42.7 Å². The lowest BCUT2D eigenvalue weighted by Gasteiger charge is -2.34. The van der Waals surface area contributed by atoms with Gasteiger partial charge in [0.25, 0.3) is 0 Å². The normalized spacial score (nSPS) is 21.0. The predicted octanol–water partition coefficient (Wildman–Crippen LogP) is 1.27. The van der Waals surface area contributed by atoms with Crippen molar-refractivity contribution in [1.29, 1.82) is 5.26 Å². The summed E-state index contributed by atoms with van der Waals surface area (Å²) in [6.45, 7) is 2.57. The Morgan fingerprint density at radius 2 is 1.82 bits per heavy atom. The first-order valence-electron chi connectivity index (χ1n) is 9.27. The molecule has 1 aliphatic carbocycles. The average molecular weight is 376 g/mol. The number of piperazine rings is 1. The van der Waals surface area contributed by atoms with Crippen LogP contribution in [0, 0.1) is 23.2 Å². The third-order valence-electron chi connectivity index (χ3n) is 5.13. The summed E-state index contributed by atoms with van der Waals surface area (Å²) in [5.41, 5.74) is 1.07. The van der Waals surface area contributed by atoms with Gasteiger partial charge in [-0.25, -0.2) is 9.97 Å². The Morgan fingerprint density at radius 1 is 1.07 bits per heavy atom. The summed E-state index contributed by atoms with van der Waals surface area (Å²) in [6, 6.07) is 10.6. The number of nitriles is 1. The molecule has 8 nitrogen and oxygen atoms in total. The molecule has 2 amide bonds. The lowest BCUT2D eigenvalue weighted by atomic mass is 10.2. The van der Waals surface area contributed by atoms with Gasteiger partial charge in [0.2, 0.25) is 17.8 Å². The van der Waals surface area contributed by atoms with Crippen molar-refractivity contribution in [2.75, 3.05) is 36.4 Å². The van der Waals surface area contributed by atoms with Crippen LogP contribution < -0.4 is 10.2 Å². The van der Waals surface area contributed by atoms with Crippen molar-refractivity contribution in [2.45, 2.75) is 6.42 Å². The van der Waals surface area contributed by atoms with Crippen LogP contribution in [-0.2, 0) is 9.59 Å². The van der Waals surface area contributed by atoms with Crippen molar-refractivity contribution in [3.05, 3.63) is 48.3 Å². The molecule has 2 aliphatic rings. The first kappa shape index (κ1) is 17.9. The van der Waals surface area contributed by atoms with Crippen LogP contribution in [0.5, 0.6) is 0 Å². The standard InChI is InChI=1S/C20H20N6O2/c21-13-14-3-1-4-15(11-14)24-18(27)16-12-17(16)19(28)25-7-9-26(10-8-25)20-22-5-2-6-23-20/h1-6,11,16-17H,7-10,12H2,(H,24,27). The second-order valence-corrected chi connectivity index (χ2v) is 6.99. The maximum atomic E-state index is 12.7. The topological polar surface area (TPSA) is 102 Å². The molecule has 1 aromatic carbocycles. The zero-order valence-corrected chi connectivity index (χ0v) is 15.3. The lowest BCUT2D eigenvalue weighted by Crippen LogP contribution is -2.50. The molecular weight excluding hydrogens is 356 g/mol. The van der Waals surface area contributed by atoms with Gasteiger partial charge in [0.05, 0.1) is 23.5 Å². The predicted molar refractivity (Wildman–Crippen MR) is 102 cm³/mol. The molecule has 1 saturated heterocycles. The van der Waals surface area contributed by atoms with Crippen LogP contribution in [0.3, 0.4) is 0 Å². The SMILES string of the molecule is N#Cc1cccc(NC(=O)C2CC2C(=O)N2CCN(c3ncccn3)CC2)c1. The molecular formula is C20H20N6O2. The fourth-order valence-electron chi connectivity index (χ4n) is 3.48. The second kappa shape index (κ2) is 7.64. The van der Waals surface area contributed by atoms with Gasteiger partial charge in [-0.1, -0.05) is 6.07 Å². The smallest absolute Gasteiger partial charge is 0.228 e. The van der Waals surface area contributed by atoms with Gasteiger partial charge in [-0.2, -0.15) is 5.26 Å². The minimum absolute atomic E-state index is 0.0413. The van der Waals surface area contributed by atoms with Crippen LogP contribution in [0.2, 0.25) is 0 Å². The van der Waals surface area contributed by atoms with Crippen molar-refractivity contribution in [2.24, 2.45) is 11.8 Å². The molecule has 0 radical (unpaired) electrons. The van der Waals surface area contributed by atoms with Gasteiger partial charge in [0.1, 0.15) is 0 Å². The number of hydrogen-bond acceptors (Lipinski definition) is 6. The molecule has 2 aromatic rings. The van der Waals surface area contributed by atoms with E-state index in [4.69, 9.17) is 5.26 Å². The van der Waals surface area contributed by atoms with E-state index in [9.17, 15) is 9.59 Å². The number of rotatable bonds is 4. The molecule has 4 rings (SSSR count). The third kappa shape index (κ3) is 3.78. The summed E-state index contributed by atoms with van der Waals surface area (Å²) in [5, 5.41) is 11.8. The fraction of sp³-hybridized carbons (Fsp3) is 0.350. The minimum Gasteiger partial charge on any atom is -0.339 e. The van der Waals surface area contributed by atoms with E-state index < -0.39 is 0 Å². The van der Waals surface area contributed by atoms with Crippen molar-refractivity contribution in [3.8, 4) is 6.07 Å². The molecule has 2 heterocycles. The summed E-state index contributed by atoms with van der Waals surface area (Å²) in [6.07, 6.45) is 3.99. The molecule has 0 spiro atoms. The van der Waals surface area contributed by atoms with Crippen molar-refractivity contribution < 1.29 is 9.59 Å². The Bertz CT molecular complexity index is 918. The molecule has 0 bridgehead atoms. The van der Waals surface area contributed by atoms with Gasteiger partial charge in [-0.3, -0.25) is 9.59 Å². The summed E-state index contributed by atoms with van der Waals surface area (Å²) < 4.78 is 0. The third-order valence-corrected chi connectivity index (χ3v) is 5.13. The van der Waals surface area contributed by atoms with E-state index in [1.165, 1.54) is 0 Å². The first-order chi connectivity index (χ1) is 13.7. The number of nitrogens with zero attached hydrogens (tertiary/aromatic N) is 5. The van der Waals surface area contributed by atoms with Gasteiger partial charge in [0.15, 0.2) is 0 Å². The second-order valence-electron chi connectivity index (χ2n) is 6.99. The molecule has 1 aliphatic heterocycles. The molecule has 1 saturated carbocycles. The van der Waals surface area contributed by atoms with E-state index in [2.05, 4.69) is 20.2 Å². The van der Waals surface area contributed by atoms with E-state index in [0.717, 1.165) is 0 Å². The van der Waals surface area contributed by atoms with Crippen molar-refractivity contribution >= 4 is 23.5 Å². The quantitative estimate of drug-likeness (QED) is 0.862. The van der Waals surface area contributed by atoms with E-state index in [0.29, 0.717) is 49.8 Å². The van der Waals surface area contributed by atoms with Crippen LogP contribution in [0.1, 0.15) is 12.0 Å². The number of aromatic nitrogens is 2. The van der Waals surface area contributed by atoms with Gasteiger partial charge in [-0.15, -0.1) is 0 Å². The molecule has 1 N–H and O–H groups in total. The summed E-state index contributed by atoms with van der Waals surface area (Å²) in [4.78, 5) is 37.5. The molecule has 2 atom stereocenters. The maximum Gasteiger partial charge on any atom is 0.228 e. The maximum absolute atomic E-state index is 12.7. The average Bonchev–Trinajstić information content (AvgIpc) is 3.55. The number of nitrogens with one attached hydrogen (secondary N) is 1. The summed E-state index contributed by atoms with van der Waals surface area (Å²) in [7, 11) is 0. The number of benzene rings is 1. The Labute approximate surface area is 162 Å². The minimum atomic E-state index is -0.297. The molecule has 2 unspecified atom stereocenters. The van der Waals surface area contributed by atoms with Crippen LogP contribution in [0.4, 0.5) is 11.6 Å². The van der Waals surface area contributed by atoms with Gasteiger partial charge in [-0.05, 0) is 30.7 Å². The molecule has 8 heteroatoms. The highest BCUT2D eigenvalue weighted by molar-refractivity contribution is 5.99. The fourth-order valence-corrected chi connectivity index (χ4v) is 3.48. The number of hydrogen-bond donors (Lipinski definition) is 1. The van der Waals surface area contributed by atoms with Gasteiger partial charge < -0.3 is 15.1 Å². The van der Waals surface area contributed by atoms with Gasteiger partial charge >= 0.3 is 0 Å². The number of carbonyl (C=O) groups is 2. The first-order valence-corrected chi connectivity index (χ1v) is 9.27. The largest absolute Gasteiger partial charge is 0.339 e. The van der Waals surface area contributed by atoms with Crippen molar-refractivity contribution in [3.63, 3.8) is 0 Å².